The van der Waals surface area contributed by atoms with E-state index in [1.165, 1.54) is 25.7 Å². The van der Waals surface area contributed by atoms with E-state index in [4.69, 9.17) is 0 Å². The van der Waals surface area contributed by atoms with Gasteiger partial charge in [0.15, 0.2) is 0 Å². The summed E-state index contributed by atoms with van der Waals surface area (Å²) in [4.78, 5) is 10.9. The van der Waals surface area contributed by atoms with Crippen LogP contribution in [0.2, 0.25) is 0 Å². The van der Waals surface area contributed by atoms with Gasteiger partial charge in [-0.3, -0.25) is 0 Å². The van der Waals surface area contributed by atoms with Crippen molar-refractivity contribution in [3.63, 3.8) is 0 Å². The maximum absolute atomic E-state index is 4.49. The molecule has 1 heterocycles. The molecule has 0 amide bonds. The van der Waals surface area contributed by atoms with Crippen molar-refractivity contribution in [1.82, 2.24) is 15.3 Å². The van der Waals surface area contributed by atoms with Crippen LogP contribution in [0, 0.1) is 6.92 Å². The van der Waals surface area contributed by atoms with Crippen molar-refractivity contribution in [1.29, 1.82) is 0 Å². The summed E-state index contributed by atoms with van der Waals surface area (Å²) in [5, 5.41) is 3.37. The molecule has 2 rings (SSSR count). The highest BCUT2D eigenvalue weighted by Gasteiger charge is 2.23. The average molecular weight is 234 g/mol. The molecular weight excluding hydrogens is 212 g/mol. The molecule has 0 aromatic carbocycles. The molecule has 1 fully saturated rings. The van der Waals surface area contributed by atoms with Gasteiger partial charge in [-0.15, -0.1) is 0 Å². The Morgan fingerprint density at radius 1 is 1.29 bits per heavy atom. The Morgan fingerprint density at radius 2 is 2.00 bits per heavy atom. The zero-order valence-electron chi connectivity index (χ0n) is 11.0. The molecule has 1 aliphatic rings. The lowest BCUT2D eigenvalue weighted by Crippen LogP contribution is -2.40. The normalized spacial score (nSPS) is 24.6. The molecule has 0 bridgehead atoms. The first kappa shape index (κ1) is 12.3. The van der Waals surface area contributed by atoms with Gasteiger partial charge in [0, 0.05) is 25.3 Å². The molecule has 0 aliphatic heterocycles. The number of anilines is 1. The lowest BCUT2D eigenvalue weighted by Gasteiger charge is -2.35. The molecule has 4 nitrogen and oxygen atoms in total. The third kappa shape index (κ3) is 2.94. The standard InChI is InChI=1S/C13H22N4/c1-10-15-9-8-13(16-10)17(3)12-6-4-11(14-2)5-7-12/h8-9,11-12,14H,4-7H2,1-3H3. The third-order valence-electron chi connectivity index (χ3n) is 3.78. The topological polar surface area (TPSA) is 41.0 Å². The quantitative estimate of drug-likeness (QED) is 0.865. The SMILES string of the molecule is CNC1CCC(N(C)c2ccnc(C)n2)CC1. The van der Waals surface area contributed by atoms with Crippen molar-refractivity contribution in [2.75, 3.05) is 19.0 Å². The van der Waals surface area contributed by atoms with Crippen LogP contribution in [0.3, 0.4) is 0 Å². The number of aryl methyl sites for hydroxylation is 1. The fraction of sp³-hybridized carbons (Fsp3) is 0.692. The molecule has 94 valence electrons. The van der Waals surface area contributed by atoms with Gasteiger partial charge in [-0.05, 0) is 45.7 Å². The van der Waals surface area contributed by atoms with Crippen LogP contribution < -0.4 is 10.2 Å². The highest BCUT2D eigenvalue weighted by molar-refractivity contribution is 5.37. The van der Waals surface area contributed by atoms with Crippen LogP contribution in [0.5, 0.6) is 0 Å². The largest absolute Gasteiger partial charge is 0.357 e. The van der Waals surface area contributed by atoms with E-state index < -0.39 is 0 Å². The second-order valence-corrected chi connectivity index (χ2v) is 4.87. The fourth-order valence-corrected chi connectivity index (χ4v) is 2.58. The van der Waals surface area contributed by atoms with Gasteiger partial charge >= 0.3 is 0 Å². The minimum absolute atomic E-state index is 0.619. The Kier molecular flexibility index (Phi) is 3.94. The number of aromatic nitrogens is 2. The second kappa shape index (κ2) is 5.45. The van der Waals surface area contributed by atoms with Crippen LogP contribution in [0.25, 0.3) is 0 Å². The third-order valence-corrected chi connectivity index (χ3v) is 3.78. The van der Waals surface area contributed by atoms with E-state index >= 15 is 0 Å². The lowest BCUT2D eigenvalue weighted by molar-refractivity contribution is 0.350. The molecular formula is C13H22N4. The number of nitrogens with one attached hydrogen (secondary N) is 1. The number of nitrogens with zero attached hydrogens (tertiary/aromatic N) is 3. The summed E-state index contributed by atoms with van der Waals surface area (Å²) in [5.74, 6) is 1.89. The first-order chi connectivity index (χ1) is 8.20. The average Bonchev–Trinajstić information content (AvgIpc) is 2.38. The molecule has 17 heavy (non-hydrogen) atoms. The summed E-state index contributed by atoms with van der Waals surface area (Å²) in [6, 6.07) is 3.32. The molecule has 0 radical (unpaired) electrons. The van der Waals surface area contributed by atoms with Crippen molar-refractivity contribution in [2.24, 2.45) is 0 Å². The summed E-state index contributed by atoms with van der Waals surface area (Å²) < 4.78 is 0. The van der Waals surface area contributed by atoms with Gasteiger partial charge in [0.2, 0.25) is 0 Å². The van der Waals surface area contributed by atoms with Crippen molar-refractivity contribution in [2.45, 2.75) is 44.7 Å². The highest BCUT2D eigenvalue weighted by atomic mass is 15.2. The Labute approximate surface area is 103 Å². The Morgan fingerprint density at radius 3 is 2.59 bits per heavy atom. The lowest BCUT2D eigenvalue weighted by atomic mass is 9.90. The summed E-state index contributed by atoms with van der Waals surface area (Å²) in [6.45, 7) is 1.94. The minimum Gasteiger partial charge on any atom is -0.357 e. The number of hydrogen-bond acceptors (Lipinski definition) is 4. The zero-order valence-corrected chi connectivity index (χ0v) is 11.0. The van der Waals surface area contributed by atoms with Gasteiger partial charge in [-0.25, -0.2) is 9.97 Å². The summed E-state index contributed by atoms with van der Waals surface area (Å²) >= 11 is 0. The number of hydrogen-bond donors (Lipinski definition) is 1. The molecule has 0 atom stereocenters. The van der Waals surface area contributed by atoms with E-state index in [1.807, 2.05) is 19.2 Å². The van der Waals surface area contributed by atoms with Crippen molar-refractivity contribution >= 4 is 5.82 Å². The van der Waals surface area contributed by atoms with E-state index in [1.54, 1.807) is 0 Å². The van der Waals surface area contributed by atoms with E-state index in [-0.39, 0.29) is 0 Å². The van der Waals surface area contributed by atoms with Crippen LogP contribution >= 0.6 is 0 Å². The van der Waals surface area contributed by atoms with Crippen molar-refractivity contribution in [3.05, 3.63) is 18.1 Å². The van der Waals surface area contributed by atoms with E-state index in [0.29, 0.717) is 12.1 Å². The predicted octanol–water partition coefficient (Wildman–Crippen LogP) is 1.75. The molecule has 0 unspecified atom stereocenters. The summed E-state index contributed by atoms with van der Waals surface area (Å²) in [7, 11) is 4.20. The molecule has 1 aromatic rings. The van der Waals surface area contributed by atoms with Crippen LogP contribution in [0.4, 0.5) is 5.82 Å². The molecule has 1 aliphatic carbocycles. The molecule has 1 N–H and O–H groups in total. The van der Waals surface area contributed by atoms with Gasteiger partial charge < -0.3 is 10.2 Å². The van der Waals surface area contributed by atoms with Crippen LogP contribution in [-0.2, 0) is 0 Å². The van der Waals surface area contributed by atoms with Crippen molar-refractivity contribution < 1.29 is 0 Å². The van der Waals surface area contributed by atoms with Gasteiger partial charge in [0.25, 0.3) is 0 Å². The Hall–Kier alpha value is -1.16. The van der Waals surface area contributed by atoms with Gasteiger partial charge in [-0.2, -0.15) is 0 Å². The predicted molar refractivity (Wildman–Crippen MR) is 70.3 cm³/mol. The highest BCUT2D eigenvalue weighted by Crippen LogP contribution is 2.25. The van der Waals surface area contributed by atoms with Crippen molar-refractivity contribution in [3.8, 4) is 0 Å². The fourth-order valence-electron chi connectivity index (χ4n) is 2.58. The van der Waals surface area contributed by atoms with E-state index in [9.17, 15) is 0 Å². The van der Waals surface area contributed by atoms with Gasteiger partial charge in [0.1, 0.15) is 11.6 Å². The molecule has 0 saturated heterocycles. The first-order valence-electron chi connectivity index (χ1n) is 6.40. The monoisotopic (exact) mass is 234 g/mol. The van der Waals surface area contributed by atoms with Crippen LogP contribution in [-0.4, -0.2) is 36.1 Å². The second-order valence-electron chi connectivity index (χ2n) is 4.87. The van der Waals surface area contributed by atoms with Gasteiger partial charge in [0.05, 0.1) is 0 Å². The molecule has 1 saturated carbocycles. The molecule has 0 spiro atoms. The van der Waals surface area contributed by atoms with Crippen LogP contribution in [0.1, 0.15) is 31.5 Å². The Bertz CT molecular complexity index is 358. The maximum atomic E-state index is 4.49. The van der Waals surface area contributed by atoms with Crippen LogP contribution in [0.15, 0.2) is 12.3 Å². The Balaban J connectivity index is 1.99. The minimum atomic E-state index is 0.619. The van der Waals surface area contributed by atoms with Gasteiger partial charge in [-0.1, -0.05) is 0 Å². The molecule has 4 heteroatoms. The summed E-state index contributed by atoms with van der Waals surface area (Å²) in [5.41, 5.74) is 0. The van der Waals surface area contributed by atoms with E-state index in [0.717, 1.165) is 11.6 Å². The smallest absolute Gasteiger partial charge is 0.132 e. The molecule has 1 aromatic heterocycles. The zero-order chi connectivity index (χ0) is 12.3. The number of rotatable bonds is 3. The maximum Gasteiger partial charge on any atom is 0.132 e. The first-order valence-corrected chi connectivity index (χ1v) is 6.40. The summed E-state index contributed by atoms with van der Waals surface area (Å²) in [6.07, 6.45) is 6.84. The van der Waals surface area contributed by atoms with E-state index in [2.05, 4.69) is 34.3 Å².